The predicted molar refractivity (Wildman–Crippen MR) is 148 cm³/mol. The Kier molecular flexibility index (Phi) is 9.20. The van der Waals surface area contributed by atoms with Gasteiger partial charge in [0, 0.05) is 26.2 Å². The molecular formula is C31H35N3O5. The van der Waals surface area contributed by atoms with Crippen molar-refractivity contribution in [1.29, 1.82) is 0 Å². The average Bonchev–Trinajstić information content (AvgIpc) is 2.95. The Hall–Kier alpha value is -4.33. The maximum Gasteiger partial charge on any atom is 0.242 e. The second kappa shape index (κ2) is 13.0. The molecule has 1 aliphatic rings. The molecule has 0 radical (unpaired) electrons. The van der Waals surface area contributed by atoms with E-state index in [-0.39, 0.29) is 37.2 Å². The molecule has 3 aromatic rings. The van der Waals surface area contributed by atoms with E-state index in [0.717, 1.165) is 28.0 Å². The summed E-state index contributed by atoms with van der Waals surface area (Å²) in [5.41, 5.74) is 3.96. The Morgan fingerprint density at radius 2 is 1.46 bits per heavy atom. The van der Waals surface area contributed by atoms with Gasteiger partial charge in [0.25, 0.3) is 0 Å². The van der Waals surface area contributed by atoms with E-state index in [0.29, 0.717) is 31.9 Å². The van der Waals surface area contributed by atoms with Gasteiger partial charge in [-0.05, 0) is 47.9 Å². The first-order valence-electron chi connectivity index (χ1n) is 13.0. The van der Waals surface area contributed by atoms with E-state index in [1.54, 1.807) is 28.9 Å². The smallest absolute Gasteiger partial charge is 0.242 e. The average molecular weight is 530 g/mol. The van der Waals surface area contributed by atoms with Crippen LogP contribution < -0.4 is 9.47 Å². The van der Waals surface area contributed by atoms with E-state index >= 15 is 0 Å². The molecule has 8 heteroatoms. The highest BCUT2D eigenvalue weighted by Crippen LogP contribution is 2.17. The van der Waals surface area contributed by atoms with Gasteiger partial charge in [0.2, 0.25) is 17.7 Å². The van der Waals surface area contributed by atoms with Crippen molar-refractivity contribution in [2.24, 2.45) is 0 Å². The molecular weight excluding hydrogens is 494 g/mol. The fraction of sp³-hybridized carbons (Fsp3) is 0.323. The highest BCUT2D eigenvalue weighted by atomic mass is 16.5. The number of aryl methyl sites for hydroxylation is 1. The number of methoxy groups -OCH3 is 2. The van der Waals surface area contributed by atoms with Gasteiger partial charge in [0.1, 0.15) is 11.5 Å². The molecule has 0 saturated carbocycles. The molecule has 3 aromatic carbocycles. The van der Waals surface area contributed by atoms with Crippen LogP contribution in [0.2, 0.25) is 0 Å². The zero-order chi connectivity index (χ0) is 27.8. The van der Waals surface area contributed by atoms with Gasteiger partial charge in [-0.1, -0.05) is 54.1 Å². The number of nitrogens with zero attached hydrogens (tertiary/aromatic N) is 3. The second-order valence-electron chi connectivity index (χ2n) is 9.74. The van der Waals surface area contributed by atoms with Crippen LogP contribution in [0, 0.1) is 6.92 Å². The van der Waals surface area contributed by atoms with E-state index < -0.39 is 0 Å². The fourth-order valence-electron chi connectivity index (χ4n) is 4.52. The van der Waals surface area contributed by atoms with E-state index in [1.165, 1.54) is 0 Å². The largest absolute Gasteiger partial charge is 0.497 e. The summed E-state index contributed by atoms with van der Waals surface area (Å²) in [6, 6.07) is 23.0. The van der Waals surface area contributed by atoms with Crippen LogP contribution in [0.1, 0.15) is 22.3 Å². The first-order valence-corrected chi connectivity index (χ1v) is 13.0. The van der Waals surface area contributed by atoms with E-state index in [2.05, 4.69) is 0 Å². The zero-order valence-corrected chi connectivity index (χ0v) is 22.8. The van der Waals surface area contributed by atoms with Gasteiger partial charge in [0.05, 0.1) is 33.7 Å². The van der Waals surface area contributed by atoms with Gasteiger partial charge >= 0.3 is 0 Å². The highest BCUT2D eigenvalue weighted by molar-refractivity contribution is 5.90. The van der Waals surface area contributed by atoms with Gasteiger partial charge in [-0.25, -0.2) is 0 Å². The van der Waals surface area contributed by atoms with Crippen LogP contribution in [-0.2, 0) is 33.9 Å². The predicted octanol–water partition coefficient (Wildman–Crippen LogP) is 3.45. The van der Waals surface area contributed by atoms with Crippen molar-refractivity contribution in [2.75, 3.05) is 40.4 Å². The number of rotatable bonds is 10. The van der Waals surface area contributed by atoms with Crippen LogP contribution in [0.4, 0.5) is 0 Å². The lowest BCUT2D eigenvalue weighted by Crippen LogP contribution is -2.54. The molecule has 8 nitrogen and oxygen atoms in total. The summed E-state index contributed by atoms with van der Waals surface area (Å²) in [4.78, 5) is 44.2. The maximum atomic E-state index is 13.5. The van der Waals surface area contributed by atoms with Crippen LogP contribution in [0.3, 0.4) is 0 Å². The number of hydrogen-bond acceptors (Lipinski definition) is 5. The topological polar surface area (TPSA) is 79.4 Å². The summed E-state index contributed by atoms with van der Waals surface area (Å²) in [5.74, 6) is 0.941. The molecule has 0 N–H and O–H groups in total. The summed E-state index contributed by atoms with van der Waals surface area (Å²) >= 11 is 0. The Morgan fingerprint density at radius 3 is 2.08 bits per heavy atom. The molecule has 1 heterocycles. The molecule has 1 saturated heterocycles. The van der Waals surface area contributed by atoms with Crippen molar-refractivity contribution >= 4 is 17.7 Å². The third-order valence-electron chi connectivity index (χ3n) is 6.87. The Balaban J connectivity index is 1.39. The van der Waals surface area contributed by atoms with Crippen LogP contribution in [0.5, 0.6) is 11.5 Å². The zero-order valence-electron chi connectivity index (χ0n) is 22.8. The van der Waals surface area contributed by atoms with Crippen molar-refractivity contribution in [3.63, 3.8) is 0 Å². The first-order chi connectivity index (χ1) is 18.8. The Labute approximate surface area is 229 Å². The molecule has 0 unspecified atom stereocenters. The standard InChI is InChI=1S/C31H35N3O5/c1-23-7-9-24(10-8-23)19-34(20-25-11-13-27(38-2)14-12-25)31(37)22-33-16-15-32(21-30(33)36)29(35)18-26-5-4-6-28(17-26)39-3/h4-14,17H,15-16,18-22H2,1-3H3. The molecule has 4 rings (SSSR count). The number of carbonyl (C=O) groups is 3. The maximum absolute atomic E-state index is 13.5. The van der Waals surface area contributed by atoms with Gasteiger partial charge in [-0.2, -0.15) is 0 Å². The van der Waals surface area contributed by atoms with Crippen LogP contribution in [0.15, 0.2) is 72.8 Å². The summed E-state index contributed by atoms with van der Waals surface area (Å²) in [6.45, 7) is 3.50. The Bertz CT molecular complexity index is 1290. The van der Waals surface area contributed by atoms with E-state index in [4.69, 9.17) is 9.47 Å². The molecule has 0 atom stereocenters. The number of ether oxygens (including phenoxy) is 2. The first kappa shape index (κ1) is 27.7. The van der Waals surface area contributed by atoms with Crippen molar-refractivity contribution in [2.45, 2.75) is 26.4 Å². The lowest BCUT2D eigenvalue weighted by molar-refractivity contribution is -0.148. The third kappa shape index (κ3) is 7.60. The lowest BCUT2D eigenvalue weighted by atomic mass is 10.1. The van der Waals surface area contributed by atoms with Gasteiger partial charge in [0.15, 0.2) is 0 Å². The summed E-state index contributed by atoms with van der Waals surface area (Å²) < 4.78 is 10.5. The van der Waals surface area contributed by atoms with Crippen molar-refractivity contribution in [3.8, 4) is 11.5 Å². The molecule has 0 aliphatic carbocycles. The van der Waals surface area contributed by atoms with Gasteiger partial charge < -0.3 is 24.2 Å². The highest BCUT2D eigenvalue weighted by Gasteiger charge is 2.29. The molecule has 0 aromatic heterocycles. The van der Waals surface area contributed by atoms with Gasteiger partial charge in [-0.3, -0.25) is 14.4 Å². The van der Waals surface area contributed by atoms with Crippen LogP contribution >= 0.6 is 0 Å². The van der Waals surface area contributed by atoms with Crippen molar-refractivity contribution in [3.05, 3.63) is 95.1 Å². The fourth-order valence-corrected chi connectivity index (χ4v) is 4.52. The third-order valence-corrected chi connectivity index (χ3v) is 6.87. The molecule has 1 aliphatic heterocycles. The number of benzene rings is 3. The number of amides is 3. The molecule has 204 valence electrons. The number of hydrogen-bond donors (Lipinski definition) is 0. The number of carbonyl (C=O) groups excluding carboxylic acids is 3. The van der Waals surface area contributed by atoms with Crippen LogP contribution in [-0.4, -0.2) is 72.8 Å². The van der Waals surface area contributed by atoms with E-state index in [1.807, 2.05) is 79.7 Å². The number of piperazine rings is 1. The quantitative estimate of drug-likeness (QED) is 0.402. The SMILES string of the molecule is COc1ccc(CN(Cc2ccc(C)cc2)C(=O)CN2CCN(C(=O)Cc3cccc(OC)c3)CC2=O)cc1. The normalized spacial score (nSPS) is 13.3. The van der Waals surface area contributed by atoms with E-state index in [9.17, 15) is 14.4 Å². The summed E-state index contributed by atoms with van der Waals surface area (Å²) in [7, 11) is 3.20. The Morgan fingerprint density at radius 1 is 0.821 bits per heavy atom. The molecule has 3 amide bonds. The summed E-state index contributed by atoms with van der Waals surface area (Å²) in [5, 5.41) is 0. The second-order valence-corrected chi connectivity index (χ2v) is 9.74. The van der Waals surface area contributed by atoms with Crippen LogP contribution in [0.25, 0.3) is 0 Å². The minimum absolute atomic E-state index is 0.0290. The monoisotopic (exact) mass is 529 g/mol. The lowest BCUT2D eigenvalue weighted by Gasteiger charge is -2.35. The molecule has 0 spiro atoms. The minimum Gasteiger partial charge on any atom is -0.497 e. The minimum atomic E-state index is -0.228. The summed E-state index contributed by atoms with van der Waals surface area (Å²) in [6.07, 6.45) is 0.190. The van der Waals surface area contributed by atoms with Crippen molar-refractivity contribution < 1.29 is 23.9 Å². The molecule has 1 fully saturated rings. The molecule has 0 bridgehead atoms. The molecule has 39 heavy (non-hydrogen) atoms. The van der Waals surface area contributed by atoms with Crippen molar-refractivity contribution in [1.82, 2.24) is 14.7 Å². The van der Waals surface area contributed by atoms with Gasteiger partial charge in [-0.15, -0.1) is 0 Å².